The van der Waals surface area contributed by atoms with Crippen molar-refractivity contribution in [3.63, 3.8) is 0 Å². The second-order valence-electron chi connectivity index (χ2n) is 3.86. The fourth-order valence-electron chi connectivity index (χ4n) is 1.25. The maximum Gasteiger partial charge on any atom is 0.421 e. The molecule has 0 unspecified atom stereocenters. The van der Waals surface area contributed by atoms with Gasteiger partial charge in [0.2, 0.25) is 0 Å². The number of amides is 1. The second kappa shape index (κ2) is 6.81. The number of benzene rings is 1. The molecular weight excluding hydrogens is 266 g/mol. The highest BCUT2D eigenvalue weighted by Gasteiger charge is 2.17. The number of aryl methyl sites for hydroxylation is 1. The van der Waals surface area contributed by atoms with Crippen molar-refractivity contribution in [2.24, 2.45) is 0 Å². The van der Waals surface area contributed by atoms with Gasteiger partial charge in [0.15, 0.2) is 0 Å². The summed E-state index contributed by atoms with van der Waals surface area (Å²) >= 11 is 0. The van der Waals surface area contributed by atoms with E-state index in [1.54, 1.807) is 12.1 Å². The van der Waals surface area contributed by atoms with Gasteiger partial charge >= 0.3 is 6.09 Å². The molecule has 1 amide bonds. The number of sulfonamides is 1. The Balaban J connectivity index is 2.57. The first-order valence-corrected chi connectivity index (χ1v) is 7.14. The Morgan fingerprint density at radius 3 is 2.58 bits per heavy atom. The van der Waals surface area contributed by atoms with Crippen LogP contribution in [0.3, 0.4) is 0 Å². The van der Waals surface area contributed by atoms with Gasteiger partial charge in [-0.05, 0) is 25.5 Å². The molecule has 0 radical (unpaired) electrons. The van der Waals surface area contributed by atoms with Crippen molar-refractivity contribution in [2.45, 2.75) is 24.7 Å². The summed E-state index contributed by atoms with van der Waals surface area (Å²) in [5.41, 5.74) is 0.927. The summed E-state index contributed by atoms with van der Waals surface area (Å²) in [7, 11) is -3.88. The van der Waals surface area contributed by atoms with E-state index in [0.29, 0.717) is 12.8 Å². The van der Waals surface area contributed by atoms with Crippen LogP contribution in [0.15, 0.2) is 29.2 Å². The summed E-state index contributed by atoms with van der Waals surface area (Å²) in [6.45, 7) is 1.92. The molecule has 0 heterocycles. The van der Waals surface area contributed by atoms with Gasteiger partial charge in [-0.25, -0.2) is 17.9 Å². The van der Waals surface area contributed by atoms with Gasteiger partial charge in [0.25, 0.3) is 10.0 Å². The van der Waals surface area contributed by atoms with Gasteiger partial charge in [0.05, 0.1) is 11.5 Å². The molecule has 0 aliphatic rings. The number of carbonyl (C=O) groups is 1. The number of ether oxygens (including phenoxy) is 1. The van der Waals surface area contributed by atoms with Gasteiger partial charge in [-0.1, -0.05) is 17.7 Å². The average Bonchev–Trinajstić information content (AvgIpc) is 2.34. The number of terminal acetylenes is 1. The van der Waals surface area contributed by atoms with E-state index in [2.05, 4.69) is 5.92 Å². The zero-order chi connectivity index (χ0) is 14.3. The molecule has 19 heavy (non-hydrogen) atoms. The molecule has 0 bridgehead atoms. The molecule has 0 aliphatic carbocycles. The van der Waals surface area contributed by atoms with Crippen molar-refractivity contribution in [1.82, 2.24) is 4.72 Å². The zero-order valence-corrected chi connectivity index (χ0v) is 11.4. The molecule has 0 aliphatic heterocycles. The minimum absolute atomic E-state index is 0.0127. The highest BCUT2D eigenvalue weighted by atomic mass is 32.2. The fourth-order valence-corrected chi connectivity index (χ4v) is 2.15. The number of carbonyl (C=O) groups excluding carboxylic acids is 1. The largest absolute Gasteiger partial charge is 0.449 e. The molecule has 1 aromatic rings. The molecule has 0 saturated carbocycles. The molecule has 5 nitrogen and oxygen atoms in total. The molecule has 0 atom stereocenters. The van der Waals surface area contributed by atoms with Crippen LogP contribution in [0, 0.1) is 19.3 Å². The minimum atomic E-state index is -3.88. The second-order valence-corrected chi connectivity index (χ2v) is 5.54. The molecule has 0 fully saturated rings. The third-order valence-corrected chi connectivity index (χ3v) is 3.58. The highest BCUT2D eigenvalue weighted by molar-refractivity contribution is 7.90. The summed E-state index contributed by atoms with van der Waals surface area (Å²) in [4.78, 5) is 11.3. The Hall–Kier alpha value is -2.00. The first-order valence-electron chi connectivity index (χ1n) is 5.65. The third-order valence-electron chi connectivity index (χ3n) is 2.25. The van der Waals surface area contributed by atoms with Crippen LogP contribution in [-0.2, 0) is 14.8 Å². The fraction of sp³-hybridized carbons (Fsp3) is 0.308. The topological polar surface area (TPSA) is 72.5 Å². The summed E-state index contributed by atoms with van der Waals surface area (Å²) in [5, 5.41) is 0. The van der Waals surface area contributed by atoms with Crippen LogP contribution < -0.4 is 4.72 Å². The first-order chi connectivity index (χ1) is 8.95. The Morgan fingerprint density at radius 2 is 2.00 bits per heavy atom. The number of hydrogen-bond donors (Lipinski definition) is 1. The van der Waals surface area contributed by atoms with E-state index in [1.807, 2.05) is 11.6 Å². The van der Waals surface area contributed by atoms with Crippen molar-refractivity contribution in [3.05, 3.63) is 29.8 Å². The van der Waals surface area contributed by atoms with Gasteiger partial charge in [0, 0.05) is 6.42 Å². The molecule has 1 rings (SSSR count). The highest BCUT2D eigenvalue weighted by Crippen LogP contribution is 2.09. The van der Waals surface area contributed by atoms with Crippen molar-refractivity contribution < 1.29 is 17.9 Å². The van der Waals surface area contributed by atoms with Gasteiger partial charge in [-0.2, -0.15) is 0 Å². The van der Waals surface area contributed by atoms with Crippen LogP contribution in [-0.4, -0.2) is 21.1 Å². The molecule has 102 valence electrons. The lowest BCUT2D eigenvalue weighted by atomic mass is 10.2. The van der Waals surface area contributed by atoms with E-state index in [0.717, 1.165) is 5.56 Å². The molecule has 6 heteroatoms. The van der Waals surface area contributed by atoms with Crippen molar-refractivity contribution in [2.75, 3.05) is 6.61 Å². The normalized spacial score (nSPS) is 10.5. The van der Waals surface area contributed by atoms with Crippen molar-refractivity contribution >= 4 is 16.1 Å². The molecule has 0 spiro atoms. The summed E-state index contributed by atoms with van der Waals surface area (Å²) < 4.78 is 30.1. The van der Waals surface area contributed by atoms with Crippen LogP contribution in [0.25, 0.3) is 0 Å². The number of unbranched alkanes of at least 4 members (excludes halogenated alkanes) is 1. The number of hydrogen-bond acceptors (Lipinski definition) is 4. The molecular formula is C13H15NO4S. The Morgan fingerprint density at radius 1 is 1.37 bits per heavy atom. The predicted molar refractivity (Wildman–Crippen MR) is 70.9 cm³/mol. The average molecular weight is 281 g/mol. The predicted octanol–water partition coefficient (Wildman–Crippen LogP) is 1.82. The van der Waals surface area contributed by atoms with E-state index in [4.69, 9.17) is 11.2 Å². The summed E-state index contributed by atoms with van der Waals surface area (Å²) in [6.07, 6.45) is 5.00. The van der Waals surface area contributed by atoms with Gasteiger partial charge in [-0.15, -0.1) is 12.3 Å². The van der Waals surface area contributed by atoms with Crippen molar-refractivity contribution in [3.8, 4) is 12.3 Å². The van der Waals surface area contributed by atoms with Gasteiger partial charge in [0.1, 0.15) is 0 Å². The lowest BCUT2D eigenvalue weighted by molar-refractivity contribution is 0.151. The third kappa shape index (κ3) is 5.02. The van der Waals surface area contributed by atoms with Crippen LogP contribution >= 0.6 is 0 Å². The Bertz CT molecular complexity index is 570. The number of rotatable bonds is 5. The monoisotopic (exact) mass is 281 g/mol. The van der Waals surface area contributed by atoms with Crippen LogP contribution in [0.2, 0.25) is 0 Å². The molecule has 1 N–H and O–H groups in total. The van der Waals surface area contributed by atoms with E-state index < -0.39 is 16.1 Å². The van der Waals surface area contributed by atoms with E-state index in [9.17, 15) is 13.2 Å². The maximum absolute atomic E-state index is 11.8. The van der Waals surface area contributed by atoms with Crippen molar-refractivity contribution in [1.29, 1.82) is 0 Å². The lowest BCUT2D eigenvalue weighted by Crippen LogP contribution is -2.31. The quantitative estimate of drug-likeness (QED) is 0.660. The van der Waals surface area contributed by atoms with E-state index >= 15 is 0 Å². The zero-order valence-electron chi connectivity index (χ0n) is 10.5. The smallest absolute Gasteiger partial charge is 0.421 e. The Labute approximate surface area is 113 Å². The molecule has 1 aromatic carbocycles. The molecule has 0 saturated heterocycles. The maximum atomic E-state index is 11.8. The lowest BCUT2D eigenvalue weighted by Gasteiger charge is -2.07. The summed E-state index contributed by atoms with van der Waals surface area (Å²) in [6, 6.07) is 6.13. The Kier molecular flexibility index (Phi) is 5.39. The van der Waals surface area contributed by atoms with Crippen LogP contribution in [0.1, 0.15) is 18.4 Å². The van der Waals surface area contributed by atoms with Crippen LogP contribution in [0.4, 0.5) is 4.79 Å². The minimum Gasteiger partial charge on any atom is -0.449 e. The summed E-state index contributed by atoms with van der Waals surface area (Å²) in [5.74, 6) is 2.39. The first kappa shape index (κ1) is 15.1. The standard InChI is InChI=1S/C13H15NO4S/c1-3-4-5-10-18-13(15)14-19(16,17)12-8-6-11(2)7-9-12/h1,6-9H,4-5,10H2,2H3,(H,14,15). The van der Waals surface area contributed by atoms with Crippen LogP contribution in [0.5, 0.6) is 0 Å². The molecule has 0 aromatic heterocycles. The van der Waals surface area contributed by atoms with Gasteiger partial charge in [-0.3, -0.25) is 0 Å². The SMILES string of the molecule is C#CCCCOC(=O)NS(=O)(=O)c1ccc(C)cc1. The van der Waals surface area contributed by atoms with E-state index in [-0.39, 0.29) is 11.5 Å². The van der Waals surface area contributed by atoms with E-state index in [1.165, 1.54) is 12.1 Å². The van der Waals surface area contributed by atoms with Gasteiger partial charge < -0.3 is 4.74 Å². The number of nitrogens with one attached hydrogen (secondary N) is 1.